The number of rotatable bonds is 8. The third-order valence-electron chi connectivity index (χ3n) is 3.83. The molecule has 0 aliphatic rings. The highest BCUT2D eigenvalue weighted by molar-refractivity contribution is 7.89. The summed E-state index contributed by atoms with van der Waals surface area (Å²) in [7, 11) is 0.162. The van der Waals surface area contributed by atoms with E-state index in [1.165, 1.54) is 39.7 Å². The Morgan fingerprint density at radius 3 is 2.24 bits per heavy atom. The first-order chi connectivity index (χ1) is 13.8. The van der Waals surface area contributed by atoms with Gasteiger partial charge in [0.25, 0.3) is 10.0 Å². The van der Waals surface area contributed by atoms with Crippen LogP contribution in [0, 0.1) is 6.92 Å². The van der Waals surface area contributed by atoms with Gasteiger partial charge in [-0.25, -0.2) is 4.79 Å². The van der Waals surface area contributed by atoms with E-state index < -0.39 is 16.0 Å². The molecule has 154 valence electrons. The van der Waals surface area contributed by atoms with Crippen molar-refractivity contribution in [2.24, 2.45) is 5.10 Å². The Balaban J connectivity index is 2.43. The molecule has 0 unspecified atom stereocenters. The summed E-state index contributed by atoms with van der Waals surface area (Å²) in [5.74, 6) is 0.282. The summed E-state index contributed by atoms with van der Waals surface area (Å²) in [5, 5.41) is 4.03. The molecule has 0 aliphatic heterocycles. The second-order valence-corrected chi connectivity index (χ2v) is 7.58. The van der Waals surface area contributed by atoms with Crippen LogP contribution in [0.25, 0.3) is 0 Å². The number of aryl methyl sites for hydroxylation is 1. The fraction of sp³-hybridized carbons (Fsp3) is 0.200. The van der Waals surface area contributed by atoms with Gasteiger partial charge in [0.1, 0.15) is 0 Å². The maximum Gasteiger partial charge on any atom is 0.332 e. The first-order valence-electron chi connectivity index (χ1n) is 8.45. The van der Waals surface area contributed by atoms with E-state index in [1.807, 2.05) is 6.92 Å². The molecule has 0 aliphatic carbocycles. The van der Waals surface area contributed by atoms with Crippen LogP contribution in [0.2, 0.25) is 0 Å². The summed E-state index contributed by atoms with van der Waals surface area (Å²) in [5.41, 5.74) is 1.48. The number of methoxy groups -OCH3 is 3. The highest BCUT2D eigenvalue weighted by Crippen LogP contribution is 2.27. The molecule has 0 saturated heterocycles. The van der Waals surface area contributed by atoms with Crippen molar-refractivity contribution in [1.29, 1.82) is 0 Å². The minimum atomic E-state index is -4.04. The van der Waals surface area contributed by atoms with Gasteiger partial charge in [-0.3, -0.25) is 0 Å². The molecule has 0 saturated carbocycles. The van der Waals surface area contributed by atoms with E-state index >= 15 is 0 Å². The zero-order chi connectivity index (χ0) is 21.4. The van der Waals surface area contributed by atoms with Crippen LogP contribution >= 0.6 is 0 Å². The van der Waals surface area contributed by atoms with Gasteiger partial charge < -0.3 is 14.2 Å². The molecular formula is C20H22N2O6S. The molecule has 0 radical (unpaired) electrons. The van der Waals surface area contributed by atoms with Gasteiger partial charge in [0.05, 0.1) is 32.4 Å². The lowest BCUT2D eigenvalue weighted by molar-refractivity contribution is -0.134. The summed E-state index contributed by atoms with van der Waals surface area (Å²) in [6.07, 6.45) is 3.32. The lowest BCUT2D eigenvalue weighted by Crippen LogP contribution is -2.21. The maximum atomic E-state index is 13.0. The molecule has 0 aromatic heterocycles. The fourth-order valence-electron chi connectivity index (χ4n) is 2.25. The van der Waals surface area contributed by atoms with Crippen molar-refractivity contribution in [2.45, 2.75) is 11.8 Å². The third-order valence-corrected chi connectivity index (χ3v) is 5.41. The number of carbonyl (C=O) groups excluding carboxylic acids is 1. The summed E-state index contributed by atoms with van der Waals surface area (Å²) in [4.78, 5) is 11.5. The van der Waals surface area contributed by atoms with Gasteiger partial charge in [0.15, 0.2) is 11.5 Å². The molecule has 0 spiro atoms. The Hall–Kier alpha value is -3.33. The zero-order valence-electron chi connectivity index (χ0n) is 16.5. The SMILES string of the molecule is COC(=O)/C=C/N(/N=C/c1ccc(OC)c(OC)c1)S(=O)(=O)c1ccc(C)cc1. The monoisotopic (exact) mass is 418 g/mol. The average molecular weight is 418 g/mol. The van der Waals surface area contributed by atoms with Gasteiger partial charge >= 0.3 is 5.97 Å². The first kappa shape index (κ1) is 22.0. The van der Waals surface area contributed by atoms with Crippen LogP contribution in [-0.2, 0) is 19.6 Å². The summed E-state index contributed by atoms with van der Waals surface area (Å²) < 4.78 is 41.5. The molecule has 2 aromatic rings. The number of esters is 1. The predicted molar refractivity (Wildman–Crippen MR) is 108 cm³/mol. The number of nitrogens with zero attached hydrogens (tertiary/aromatic N) is 2. The lowest BCUT2D eigenvalue weighted by atomic mass is 10.2. The Morgan fingerprint density at radius 1 is 1.00 bits per heavy atom. The van der Waals surface area contributed by atoms with Crippen LogP contribution < -0.4 is 9.47 Å². The first-order valence-corrected chi connectivity index (χ1v) is 9.89. The van der Waals surface area contributed by atoms with E-state index in [0.29, 0.717) is 21.5 Å². The van der Waals surface area contributed by atoms with Crippen molar-refractivity contribution in [3.63, 3.8) is 0 Å². The van der Waals surface area contributed by atoms with E-state index in [1.54, 1.807) is 30.3 Å². The van der Waals surface area contributed by atoms with Crippen molar-refractivity contribution in [3.8, 4) is 11.5 Å². The summed E-state index contributed by atoms with van der Waals surface area (Å²) in [6, 6.07) is 11.3. The van der Waals surface area contributed by atoms with E-state index in [9.17, 15) is 13.2 Å². The van der Waals surface area contributed by atoms with Crippen LogP contribution in [0.1, 0.15) is 11.1 Å². The van der Waals surface area contributed by atoms with Gasteiger partial charge in [-0.2, -0.15) is 17.9 Å². The fourth-order valence-corrected chi connectivity index (χ4v) is 3.34. The van der Waals surface area contributed by atoms with Crippen molar-refractivity contribution < 1.29 is 27.4 Å². The Kier molecular flexibility index (Phi) is 7.38. The zero-order valence-corrected chi connectivity index (χ0v) is 17.3. The predicted octanol–water partition coefficient (Wildman–Crippen LogP) is 2.72. The van der Waals surface area contributed by atoms with E-state index in [4.69, 9.17) is 9.47 Å². The van der Waals surface area contributed by atoms with Crippen molar-refractivity contribution in [2.75, 3.05) is 21.3 Å². The molecule has 8 nitrogen and oxygen atoms in total. The second-order valence-electron chi connectivity index (χ2n) is 5.79. The van der Waals surface area contributed by atoms with Gasteiger partial charge in [0.2, 0.25) is 0 Å². The lowest BCUT2D eigenvalue weighted by Gasteiger charge is -2.15. The summed E-state index contributed by atoms with van der Waals surface area (Å²) in [6.45, 7) is 1.85. The van der Waals surface area contributed by atoms with Crippen LogP contribution in [0.5, 0.6) is 11.5 Å². The minimum Gasteiger partial charge on any atom is -0.493 e. The standard InChI is InChI=1S/C20H22N2O6S/c1-15-5-8-17(9-6-15)29(24,25)22(12-11-20(23)28-4)21-14-16-7-10-18(26-2)19(13-16)27-3/h5-14H,1-4H3/b12-11+,21-14+. The minimum absolute atomic E-state index is 0.0297. The highest BCUT2D eigenvalue weighted by Gasteiger charge is 2.21. The van der Waals surface area contributed by atoms with Crippen molar-refractivity contribution >= 4 is 22.2 Å². The largest absolute Gasteiger partial charge is 0.493 e. The number of carbonyl (C=O) groups is 1. The Labute approximate surface area is 170 Å². The maximum absolute atomic E-state index is 13.0. The molecule has 0 amide bonds. The molecule has 2 aromatic carbocycles. The normalized spacial score (nSPS) is 11.6. The molecule has 29 heavy (non-hydrogen) atoms. The third kappa shape index (κ3) is 5.58. The van der Waals surface area contributed by atoms with Crippen LogP contribution in [-0.4, -0.2) is 46.3 Å². The number of ether oxygens (including phenoxy) is 3. The molecule has 0 N–H and O–H groups in total. The van der Waals surface area contributed by atoms with E-state index in [-0.39, 0.29) is 4.90 Å². The number of sulfonamides is 1. The van der Waals surface area contributed by atoms with Crippen molar-refractivity contribution in [1.82, 2.24) is 4.41 Å². The molecule has 9 heteroatoms. The number of hydrazone groups is 1. The average Bonchev–Trinajstić information content (AvgIpc) is 2.73. The van der Waals surface area contributed by atoms with E-state index in [2.05, 4.69) is 9.84 Å². The quantitative estimate of drug-likeness (QED) is 0.283. The van der Waals surface area contributed by atoms with Crippen molar-refractivity contribution in [3.05, 3.63) is 65.9 Å². The number of benzene rings is 2. The Morgan fingerprint density at radius 2 is 1.66 bits per heavy atom. The molecule has 0 fully saturated rings. The second kappa shape index (κ2) is 9.74. The smallest absolute Gasteiger partial charge is 0.332 e. The van der Waals surface area contributed by atoms with Crippen LogP contribution in [0.4, 0.5) is 0 Å². The molecule has 0 bridgehead atoms. The van der Waals surface area contributed by atoms with E-state index in [0.717, 1.165) is 17.8 Å². The van der Waals surface area contributed by atoms with Crippen LogP contribution in [0.3, 0.4) is 0 Å². The topological polar surface area (TPSA) is 94.5 Å². The van der Waals surface area contributed by atoms with Crippen LogP contribution in [0.15, 0.2) is 64.7 Å². The van der Waals surface area contributed by atoms with Gasteiger partial charge in [-0.1, -0.05) is 17.7 Å². The van der Waals surface area contributed by atoms with Gasteiger partial charge in [-0.05, 0) is 42.8 Å². The molecular weight excluding hydrogens is 396 g/mol. The molecule has 0 heterocycles. The molecule has 2 rings (SSSR count). The Bertz CT molecular complexity index is 1010. The summed E-state index contributed by atoms with van der Waals surface area (Å²) >= 11 is 0. The molecule has 0 atom stereocenters. The number of hydrogen-bond acceptors (Lipinski definition) is 7. The van der Waals surface area contributed by atoms with Gasteiger partial charge in [0, 0.05) is 12.3 Å². The highest BCUT2D eigenvalue weighted by atomic mass is 32.2. The number of hydrogen-bond donors (Lipinski definition) is 0. The van der Waals surface area contributed by atoms with Gasteiger partial charge in [-0.15, -0.1) is 0 Å².